The third-order valence-electron chi connectivity index (χ3n) is 4.84. The topological polar surface area (TPSA) is 49.0 Å². The van der Waals surface area contributed by atoms with Crippen LogP contribution in [0.3, 0.4) is 0 Å². The maximum absolute atomic E-state index is 13.1. The molecule has 1 aliphatic heterocycles. The molecule has 2 heterocycles. The Kier molecular flexibility index (Phi) is 4.08. The molecule has 25 heavy (non-hydrogen) atoms. The van der Waals surface area contributed by atoms with Crippen molar-refractivity contribution in [3.8, 4) is 0 Å². The Balaban J connectivity index is 2.05. The van der Waals surface area contributed by atoms with E-state index in [2.05, 4.69) is 9.97 Å². The molecular weight excluding hydrogens is 331 g/mol. The minimum Gasteiger partial charge on any atom is -0.342 e. The van der Waals surface area contributed by atoms with Crippen LogP contribution in [0, 0.1) is 12.3 Å². The molecule has 0 spiro atoms. The van der Waals surface area contributed by atoms with E-state index in [1.54, 1.807) is 0 Å². The first-order chi connectivity index (χ1) is 11.5. The van der Waals surface area contributed by atoms with Crippen LogP contribution in [0.25, 0.3) is 11.0 Å². The number of amides is 1. The summed E-state index contributed by atoms with van der Waals surface area (Å²) >= 11 is 0. The van der Waals surface area contributed by atoms with Crippen molar-refractivity contribution in [3.63, 3.8) is 0 Å². The van der Waals surface area contributed by atoms with E-state index in [-0.39, 0.29) is 6.54 Å². The van der Waals surface area contributed by atoms with Gasteiger partial charge in [-0.1, -0.05) is 20.8 Å². The Labute approximate surface area is 144 Å². The Hall–Kier alpha value is -2.05. The standard InChI is InChI=1S/C18H22F3N3O/c1-10-22-13-7-11-5-6-24(16(25)18(19,20)21)15(17(2,3)4)9-12(11)8-14(13)23-10/h7-8,15H,5-6,9H2,1-4H3,(H,22,23)/t15-/m1/s1. The molecule has 1 aromatic heterocycles. The highest BCUT2D eigenvalue weighted by molar-refractivity contribution is 5.83. The van der Waals surface area contributed by atoms with Crippen LogP contribution >= 0.6 is 0 Å². The number of nitrogens with one attached hydrogen (secondary N) is 1. The van der Waals surface area contributed by atoms with Crippen LogP contribution in [0.15, 0.2) is 12.1 Å². The molecule has 1 atom stereocenters. The average molecular weight is 353 g/mol. The number of carbonyl (C=O) groups excluding carboxylic acids is 1. The molecule has 0 unspecified atom stereocenters. The van der Waals surface area contributed by atoms with Crippen LogP contribution in [0.5, 0.6) is 0 Å². The number of hydrogen-bond acceptors (Lipinski definition) is 2. The smallest absolute Gasteiger partial charge is 0.342 e. The molecule has 0 saturated carbocycles. The normalized spacial score (nSPS) is 19.0. The fourth-order valence-electron chi connectivity index (χ4n) is 3.59. The minimum absolute atomic E-state index is 0.0577. The van der Waals surface area contributed by atoms with Gasteiger partial charge < -0.3 is 9.88 Å². The lowest BCUT2D eigenvalue weighted by Gasteiger charge is -2.39. The van der Waals surface area contributed by atoms with Crippen molar-refractivity contribution < 1.29 is 18.0 Å². The number of H-pyrrole nitrogens is 1. The summed E-state index contributed by atoms with van der Waals surface area (Å²) in [5, 5.41) is 0. The second kappa shape index (κ2) is 5.75. The molecule has 136 valence electrons. The van der Waals surface area contributed by atoms with E-state index < -0.39 is 23.5 Å². The number of fused-ring (bicyclic) bond motifs is 2. The molecule has 0 fully saturated rings. The molecular formula is C18H22F3N3O. The van der Waals surface area contributed by atoms with E-state index in [4.69, 9.17) is 0 Å². The first kappa shape index (κ1) is 17.8. The van der Waals surface area contributed by atoms with Crippen molar-refractivity contribution in [2.75, 3.05) is 6.54 Å². The van der Waals surface area contributed by atoms with Gasteiger partial charge in [-0.2, -0.15) is 13.2 Å². The Morgan fingerprint density at radius 1 is 1.24 bits per heavy atom. The molecule has 0 bridgehead atoms. The highest BCUT2D eigenvalue weighted by Crippen LogP contribution is 2.35. The van der Waals surface area contributed by atoms with Gasteiger partial charge in [0.05, 0.1) is 11.0 Å². The average Bonchev–Trinajstić information content (AvgIpc) is 2.70. The maximum Gasteiger partial charge on any atom is 0.471 e. The zero-order valence-corrected chi connectivity index (χ0v) is 14.8. The fraction of sp³-hybridized carbons (Fsp3) is 0.556. The van der Waals surface area contributed by atoms with Crippen LogP contribution in [0.1, 0.15) is 37.7 Å². The highest BCUT2D eigenvalue weighted by Gasteiger charge is 2.47. The van der Waals surface area contributed by atoms with Gasteiger partial charge in [0.1, 0.15) is 5.82 Å². The van der Waals surface area contributed by atoms with Crippen LogP contribution in [0.2, 0.25) is 0 Å². The number of benzene rings is 1. The van der Waals surface area contributed by atoms with Gasteiger partial charge in [0.15, 0.2) is 0 Å². The third-order valence-corrected chi connectivity index (χ3v) is 4.84. The predicted molar refractivity (Wildman–Crippen MR) is 89.2 cm³/mol. The number of aromatic amines is 1. The number of carbonyl (C=O) groups is 1. The van der Waals surface area contributed by atoms with Gasteiger partial charge in [-0.05, 0) is 48.4 Å². The Morgan fingerprint density at radius 2 is 1.92 bits per heavy atom. The van der Waals surface area contributed by atoms with Gasteiger partial charge in [0.2, 0.25) is 0 Å². The molecule has 1 N–H and O–H groups in total. The van der Waals surface area contributed by atoms with Crippen molar-refractivity contribution in [1.29, 1.82) is 0 Å². The lowest BCUT2D eigenvalue weighted by molar-refractivity contribution is -0.189. The van der Waals surface area contributed by atoms with E-state index in [1.807, 2.05) is 39.8 Å². The van der Waals surface area contributed by atoms with Gasteiger partial charge in [-0.15, -0.1) is 0 Å². The SMILES string of the molecule is Cc1nc2cc3c(cc2[nH]1)C[C@H](C(C)(C)C)N(C(=O)C(F)(F)F)CC3. The summed E-state index contributed by atoms with van der Waals surface area (Å²) in [5.74, 6) is -0.948. The molecule has 0 saturated heterocycles. The molecule has 7 heteroatoms. The second-order valence-corrected chi connectivity index (χ2v) is 7.79. The Bertz CT molecular complexity index is 817. The van der Waals surface area contributed by atoms with Crippen molar-refractivity contribution in [3.05, 3.63) is 29.1 Å². The molecule has 1 aromatic carbocycles. The maximum atomic E-state index is 13.1. The number of halogens is 3. The van der Waals surface area contributed by atoms with E-state index in [1.165, 1.54) is 0 Å². The van der Waals surface area contributed by atoms with Crippen molar-refractivity contribution in [2.45, 2.75) is 52.8 Å². The monoisotopic (exact) mass is 353 g/mol. The van der Waals surface area contributed by atoms with Crippen LogP contribution in [-0.2, 0) is 17.6 Å². The molecule has 2 aromatic rings. The van der Waals surface area contributed by atoms with Crippen molar-refractivity contribution in [1.82, 2.24) is 14.9 Å². The number of alkyl halides is 3. The quantitative estimate of drug-likeness (QED) is 0.784. The van der Waals surface area contributed by atoms with Gasteiger partial charge in [-0.3, -0.25) is 4.79 Å². The zero-order chi connectivity index (χ0) is 18.6. The zero-order valence-electron chi connectivity index (χ0n) is 14.8. The van der Waals surface area contributed by atoms with Gasteiger partial charge in [0, 0.05) is 12.6 Å². The molecule has 1 amide bonds. The second-order valence-electron chi connectivity index (χ2n) is 7.79. The lowest BCUT2D eigenvalue weighted by Crippen LogP contribution is -2.52. The lowest BCUT2D eigenvalue weighted by atomic mass is 9.82. The fourth-order valence-corrected chi connectivity index (χ4v) is 3.59. The minimum atomic E-state index is -4.86. The summed E-state index contributed by atoms with van der Waals surface area (Å²) in [5.41, 5.74) is 3.15. The van der Waals surface area contributed by atoms with E-state index in [0.717, 1.165) is 32.9 Å². The highest BCUT2D eigenvalue weighted by atomic mass is 19.4. The van der Waals surface area contributed by atoms with E-state index in [0.29, 0.717) is 12.8 Å². The van der Waals surface area contributed by atoms with Crippen LogP contribution < -0.4 is 0 Å². The molecule has 0 radical (unpaired) electrons. The first-order valence-corrected chi connectivity index (χ1v) is 8.33. The number of rotatable bonds is 0. The summed E-state index contributed by atoms with van der Waals surface area (Å²) in [6.45, 7) is 7.55. The summed E-state index contributed by atoms with van der Waals surface area (Å²) in [6.07, 6.45) is -4.06. The van der Waals surface area contributed by atoms with Crippen molar-refractivity contribution >= 4 is 16.9 Å². The number of imidazole rings is 1. The number of aromatic nitrogens is 2. The first-order valence-electron chi connectivity index (χ1n) is 8.33. The number of aryl methyl sites for hydroxylation is 1. The largest absolute Gasteiger partial charge is 0.471 e. The predicted octanol–water partition coefficient (Wildman–Crippen LogP) is 3.78. The number of nitrogens with zero attached hydrogens (tertiary/aromatic N) is 2. The number of hydrogen-bond donors (Lipinski definition) is 1. The van der Waals surface area contributed by atoms with E-state index in [9.17, 15) is 18.0 Å². The summed E-state index contributed by atoms with van der Waals surface area (Å²) in [4.78, 5) is 20.6. The van der Waals surface area contributed by atoms with Crippen molar-refractivity contribution in [2.24, 2.45) is 5.41 Å². The van der Waals surface area contributed by atoms with Gasteiger partial charge in [0.25, 0.3) is 0 Å². The third kappa shape index (κ3) is 3.37. The van der Waals surface area contributed by atoms with E-state index >= 15 is 0 Å². The van der Waals surface area contributed by atoms with Crippen LogP contribution in [-0.4, -0.2) is 39.5 Å². The molecule has 1 aliphatic rings. The Morgan fingerprint density at radius 3 is 2.52 bits per heavy atom. The van der Waals surface area contributed by atoms with Gasteiger partial charge in [-0.25, -0.2) is 4.98 Å². The van der Waals surface area contributed by atoms with Crippen LogP contribution in [0.4, 0.5) is 13.2 Å². The summed E-state index contributed by atoms with van der Waals surface area (Å²) in [7, 11) is 0. The van der Waals surface area contributed by atoms with Gasteiger partial charge >= 0.3 is 12.1 Å². The molecule has 0 aliphatic carbocycles. The summed E-state index contributed by atoms with van der Waals surface area (Å²) < 4.78 is 39.2. The summed E-state index contributed by atoms with van der Waals surface area (Å²) in [6, 6.07) is 3.37. The molecule has 3 rings (SSSR count). The molecule has 4 nitrogen and oxygen atoms in total.